The zero-order chi connectivity index (χ0) is 16.4. The van der Waals surface area contributed by atoms with Crippen LogP contribution >= 0.6 is 0 Å². The van der Waals surface area contributed by atoms with Crippen molar-refractivity contribution in [3.05, 3.63) is 23.8 Å². The van der Waals surface area contributed by atoms with Gasteiger partial charge >= 0.3 is 0 Å². The molecule has 0 aromatic heterocycles. The van der Waals surface area contributed by atoms with Crippen LogP contribution in [0.5, 0.6) is 5.75 Å². The maximum atomic E-state index is 12.8. The average molecular weight is 338 g/mol. The lowest BCUT2D eigenvalue weighted by atomic mass is 10.2. The number of piperazine rings is 1. The van der Waals surface area contributed by atoms with Crippen LogP contribution in [0.3, 0.4) is 0 Å². The number of hydrogen-bond acceptors (Lipinski definition) is 4. The summed E-state index contributed by atoms with van der Waals surface area (Å²) in [5, 5.41) is 0. The van der Waals surface area contributed by atoms with Gasteiger partial charge in [0.1, 0.15) is 5.75 Å². The maximum absolute atomic E-state index is 12.8. The van der Waals surface area contributed by atoms with E-state index < -0.39 is 10.0 Å². The van der Waals surface area contributed by atoms with E-state index in [4.69, 9.17) is 4.74 Å². The lowest BCUT2D eigenvalue weighted by Gasteiger charge is -2.37. The van der Waals surface area contributed by atoms with Crippen molar-refractivity contribution in [2.24, 2.45) is 0 Å². The molecule has 0 unspecified atom stereocenters. The molecule has 23 heavy (non-hydrogen) atoms. The molecule has 0 N–H and O–H groups in total. The molecule has 1 aromatic carbocycles. The number of methoxy groups -OCH3 is 1. The molecule has 3 rings (SSSR count). The predicted molar refractivity (Wildman–Crippen MR) is 90.3 cm³/mol. The molecule has 1 saturated carbocycles. The third-order valence-electron chi connectivity index (χ3n) is 5.12. The van der Waals surface area contributed by atoms with Crippen molar-refractivity contribution in [3.63, 3.8) is 0 Å². The van der Waals surface area contributed by atoms with E-state index in [1.54, 1.807) is 29.6 Å². The van der Waals surface area contributed by atoms with Crippen LogP contribution in [0.15, 0.2) is 23.1 Å². The first kappa shape index (κ1) is 16.7. The van der Waals surface area contributed by atoms with E-state index in [-0.39, 0.29) is 0 Å². The Kier molecular flexibility index (Phi) is 4.94. The Morgan fingerprint density at radius 3 is 2.30 bits per heavy atom. The van der Waals surface area contributed by atoms with Crippen molar-refractivity contribution < 1.29 is 13.2 Å². The maximum Gasteiger partial charge on any atom is 0.243 e. The molecule has 2 aliphatic rings. The number of benzene rings is 1. The van der Waals surface area contributed by atoms with Crippen LogP contribution in [-0.4, -0.2) is 57.0 Å². The van der Waals surface area contributed by atoms with Crippen molar-refractivity contribution in [1.82, 2.24) is 9.21 Å². The first-order valence-electron chi connectivity index (χ1n) is 8.41. The molecule has 6 heteroatoms. The Balaban J connectivity index is 1.70. The van der Waals surface area contributed by atoms with Gasteiger partial charge in [0.2, 0.25) is 10.0 Å². The normalized spacial score (nSPS) is 21.7. The topological polar surface area (TPSA) is 49.9 Å². The van der Waals surface area contributed by atoms with Gasteiger partial charge in [0.15, 0.2) is 0 Å². The number of aryl methyl sites for hydroxylation is 1. The van der Waals surface area contributed by atoms with Crippen LogP contribution in [0.4, 0.5) is 0 Å². The highest BCUT2D eigenvalue weighted by molar-refractivity contribution is 7.89. The molecular formula is C17H26N2O3S. The number of nitrogens with zero attached hydrogens (tertiary/aromatic N) is 2. The highest BCUT2D eigenvalue weighted by atomic mass is 32.2. The van der Waals surface area contributed by atoms with Gasteiger partial charge in [0.25, 0.3) is 0 Å². The second-order valence-corrected chi connectivity index (χ2v) is 8.45. The van der Waals surface area contributed by atoms with Gasteiger partial charge in [0.05, 0.1) is 12.0 Å². The molecule has 0 amide bonds. The standard InChI is InChI=1S/C17H26N2O3S/c1-14-13-16(7-8-17(14)22-2)23(20,21)19-11-9-18(10-12-19)15-5-3-4-6-15/h7-8,13,15H,3-6,9-12H2,1-2H3. The van der Waals surface area contributed by atoms with Gasteiger partial charge in [-0.2, -0.15) is 4.31 Å². The highest BCUT2D eigenvalue weighted by Gasteiger charge is 2.32. The summed E-state index contributed by atoms with van der Waals surface area (Å²) >= 11 is 0. The largest absolute Gasteiger partial charge is 0.496 e. The second kappa shape index (κ2) is 6.79. The van der Waals surface area contributed by atoms with Crippen LogP contribution in [-0.2, 0) is 10.0 Å². The van der Waals surface area contributed by atoms with Gasteiger partial charge in [-0.05, 0) is 43.5 Å². The molecule has 2 fully saturated rings. The van der Waals surface area contributed by atoms with Crippen molar-refractivity contribution in [2.75, 3.05) is 33.3 Å². The molecule has 128 valence electrons. The third kappa shape index (κ3) is 3.39. The van der Waals surface area contributed by atoms with E-state index in [9.17, 15) is 8.42 Å². The summed E-state index contributed by atoms with van der Waals surface area (Å²) < 4.78 is 32.5. The number of ether oxygens (including phenoxy) is 1. The lowest BCUT2D eigenvalue weighted by Crippen LogP contribution is -2.51. The lowest BCUT2D eigenvalue weighted by molar-refractivity contribution is 0.139. The summed E-state index contributed by atoms with van der Waals surface area (Å²) in [6, 6.07) is 5.75. The van der Waals surface area contributed by atoms with Gasteiger partial charge in [-0.1, -0.05) is 12.8 Å². The van der Waals surface area contributed by atoms with Crippen LogP contribution < -0.4 is 4.74 Å². The summed E-state index contributed by atoms with van der Waals surface area (Å²) in [5.41, 5.74) is 0.846. The Hall–Kier alpha value is -1.11. The van der Waals surface area contributed by atoms with Gasteiger partial charge in [-0.25, -0.2) is 8.42 Å². The van der Waals surface area contributed by atoms with Crippen molar-refractivity contribution in [1.29, 1.82) is 0 Å². The Labute approximate surface area is 139 Å². The number of sulfonamides is 1. The zero-order valence-corrected chi connectivity index (χ0v) is 14.8. The fourth-order valence-corrected chi connectivity index (χ4v) is 5.25. The van der Waals surface area contributed by atoms with Crippen molar-refractivity contribution >= 4 is 10.0 Å². The number of hydrogen-bond donors (Lipinski definition) is 0. The summed E-state index contributed by atoms with van der Waals surface area (Å²) in [7, 11) is -1.81. The van der Waals surface area contributed by atoms with Gasteiger partial charge in [0, 0.05) is 32.2 Å². The zero-order valence-electron chi connectivity index (χ0n) is 14.0. The van der Waals surface area contributed by atoms with Gasteiger partial charge < -0.3 is 4.74 Å². The quantitative estimate of drug-likeness (QED) is 0.845. The van der Waals surface area contributed by atoms with E-state index in [1.165, 1.54) is 25.7 Å². The van der Waals surface area contributed by atoms with E-state index in [2.05, 4.69) is 4.90 Å². The average Bonchev–Trinajstić information content (AvgIpc) is 3.09. The Morgan fingerprint density at radius 2 is 1.74 bits per heavy atom. The molecule has 1 heterocycles. The Bertz CT molecular complexity index is 646. The molecular weight excluding hydrogens is 312 g/mol. The van der Waals surface area contributed by atoms with Gasteiger partial charge in [-0.15, -0.1) is 0 Å². The van der Waals surface area contributed by atoms with Crippen molar-refractivity contribution in [2.45, 2.75) is 43.5 Å². The highest BCUT2D eigenvalue weighted by Crippen LogP contribution is 2.27. The third-order valence-corrected chi connectivity index (χ3v) is 7.01. The molecule has 0 atom stereocenters. The first-order chi connectivity index (χ1) is 11.0. The summed E-state index contributed by atoms with van der Waals surface area (Å²) in [6.07, 6.45) is 5.16. The molecule has 1 aliphatic heterocycles. The van der Waals surface area contributed by atoms with Crippen LogP contribution in [0, 0.1) is 6.92 Å². The van der Waals surface area contributed by atoms with E-state index in [1.807, 2.05) is 6.92 Å². The van der Waals surface area contributed by atoms with Crippen LogP contribution in [0.2, 0.25) is 0 Å². The molecule has 0 bridgehead atoms. The van der Waals surface area contributed by atoms with Gasteiger partial charge in [-0.3, -0.25) is 4.90 Å². The summed E-state index contributed by atoms with van der Waals surface area (Å²) in [4.78, 5) is 2.84. The van der Waals surface area contributed by atoms with E-state index >= 15 is 0 Å². The molecule has 0 radical (unpaired) electrons. The molecule has 0 spiro atoms. The molecule has 1 aromatic rings. The van der Waals surface area contributed by atoms with Crippen LogP contribution in [0.25, 0.3) is 0 Å². The first-order valence-corrected chi connectivity index (χ1v) is 9.85. The number of rotatable bonds is 4. The second-order valence-electron chi connectivity index (χ2n) is 6.51. The predicted octanol–water partition coefficient (Wildman–Crippen LogP) is 2.25. The molecule has 5 nitrogen and oxygen atoms in total. The Morgan fingerprint density at radius 1 is 1.09 bits per heavy atom. The molecule has 1 aliphatic carbocycles. The van der Waals surface area contributed by atoms with E-state index in [0.717, 1.165) is 24.4 Å². The van der Waals surface area contributed by atoms with Crippen LogP contribution in [0.1, 0.15) is 31.2 Å². The molecule has 1 saturated heterocycles. The van der Waals surface area contributed by atoms with Crippen molar-refractivity contribution in [3.8, 4) is 5.75 Å². The smallest absolute Gasteiger partial charge is 0.243 e. The minimum absolute atomic E-state index is 0.366. The SMILES string of the molecule is COc1ccc(S(=O)(=O)N2CCN(C3CCCC3)CC2)cc1C. The minimum atomic E-state index is -3.41. The summed E-state index contributed by atoms with van der Waals surface area (Å²) in [6.45, 7) is 4.74. The minimum Gasteiger partial charge on any atom is -0.496 e. The summed E-state index contributed by atoms with van der Waals surface area (Å²) in [5.74, 6) is 0.718. The fraction of sp³-hybridized carbons (Fsp3) is 0.647. The fourth-order valence-electron chi connectivity index (χ4n) is 3.74. The monoisotopic (exact) mass is 338 g/mol. The van der Waals surface area contributed by atoms with E-state index in [0.29, 0.717) is 24.0 Å².